The molecule has 7 nitrogen and oxygen atoms in total. The Kier molecular flexibility index (Phi) is 3.61. The number of aromatic nitrogens is 2. The number of rotatable bonds is 3. The lowest BCUT2D eigenvalue weighted by Gasteiger charge is -2.23. The van der Waals surface area contributed by atoms with Crippen molar-refractivity contribution in [1.82, 2.24) is 20.4 Å². The normalized spacial score (nSPS) is 19.7. The molecule has 3 N–H and O–H groups in total. The lowest BCUT2D eigenvalue weighted by molar-refractivity contribution is -0.124. The molecule has 1 fully saturated rings. The largest absolute Gasteiger partial charge is 0.353 e. The van der Waals surface area contributed by atoms with Gasteiger partial charge in [0.25, 0.3) is 0 Å². The summed E-state index contributed by atoms with van der Waals surface area (Å²) in [6.45, 7) is 4.45. The molecule has 1 aromatic heterocycles. The second kappa shape index (κ2) is 5.18. The number of nitrogens with zero attached hydrogens (tertiary/aromatic N) is 2. The van der Waals surface area contributed by atoms with Gasteiger partial charge < -0.3 is 10.6 Å². The molecule has 1 aromatic rings. The van der Waals surface area contributed by atoms with Gasteiger partial charge in [-0.25, -0.2) is 4.68 Å². The molecule has 0 spiro atoms. The highest BCUT2D eigenvalue weighted by Crippen LogP contribution is 2.13. The summed E-state index contributed by atoms with van der Waals surface area (Å²) < 4.78 is 1.74. The van der Waals surface area contributed by atoms with Crippen molar-refractivity contribution in [3.8, 4) is 0 Å². The van der Waals surface area contributed by atoms with Crippen LogP contribution < -0.4 is 16.0 Å². The van der Waals surface area contributed by atoms with Crippen molar-refractivity contribution in [2.75, 3.05) is 18.4 Å². The molecule has 2 amide bonds. The second-order valence-corrected chi connectivity index (χ2v) is 4.48. The van der Waals surface area contributed by atoms with Gasteiger partial charge in [0.2, 0.25) is 11.8 Å². The average molecular weight is 251 g/mol. The van der Waals surface area contributed by atoms with Gasteiger partial charge in [0, 0.05) is 18.7 Å². The van der Waals surface area contributed by atoms with Crippen LogP contribution in [0.25, 0.3) is 0 Å². The highest BCUT2D eigenvalue weighted by molar-refractivity contribution is 5.95. The number of hydrogen-bond donors (Lipinski definition) is 3. The number of piperazine rings is 1. The van der Waals surface area contributed by atoms with E-state index in [1.54, 1.807) is 16.9 Å². The Morgan fingerprint density at radius 1 is 1.61 bits per heavy atom. The van der Waals surface area contributed by atoms with Gasteiger partial charge in [-0.1, -0.05) is 0 Å². The molecule has 0 saturated carbocycles. The van der Waals surface area contributed by atoms with E-state index >= 15 is 0 Å². The molecule has 1 saturated heterocycles. The van der Waals surface area contributed by atoms with Gasteiger partial charge in [-0.15, -0.1) is 0 Å². The van der Waals surface area contributed by atoms with Crippen LogP contribution >= 0.6 is 0 Å². The fourth-order valence-electron chi connectivity index (χ4n) is 1.79. The Hall–Kier alpha value is -1.89. The third kappa shape index (κ3) is 2.67. The monoisotopic (exact) mass is 251 g/mol. The standard InChI is InChI=1S/C11H17N5O2/c1-7(2)16-9(3-4-14-16)15-11(18)8-5-13-10(17)6-12-8/h3-4,7-8,12H,5-6H2,1-2H3,(H,13,17)(H,15,18). The van der Waals surface area contributed by atoms with Crippen LogP contribution in [0.4, 0.5) is 5.82 Å². The molecule has 18 heavy (non-hydrogen) atoms. The number of hydrogen-bond acceptors (Lipinski definition) is 4. The van der Waals surface area contributed by atoms with Crippen LogP contribution in [0.5, 0.6) is 0 Å². The average Bonchev–Trinajstić information content (AvgIpc) is 2.78. The summed E-state index contributed by atoms with van der Waals surface area (Å²) in [6, 6.07) is 1.52. The molecule has 7 heteroatoms. The first-order chi connectivity index (χ1) is 8.58. The van der Waals surface area contributed by atoms with Crippen LogP contribution in [0.3, 0.4) is 0 Å². The Bertz CT molecular complexity index is 444. The minimum atomic E-state index is -0.404. The second-order valence-electron chi connectivity index (χ2n) is 4.48. The van der Waals surface area contributed by atoms with Gasteiger partial charge in [0.05, 0.1) is 12.7 Å². The molecule has 1 atom stereocenters. The lowest BCUT2D eigenvalue weighted by atomic mass is 10.2. The zero-order chi connectivity index (χ0) is 13.1. The van der Waals surface area contributed by atoms with E-state index in [4.69, 9.17) is 0 Å². The summed E-state index contributed by atoms with van der Waals surface area (Å²) in [6.07, 6.45) is 1.64. The van der Waals surface area contributed by atoms with Crippen molar-refractivity contribution in [2.45, 2.75) is 25.9 Å². The van der Waals surface area contributed by atoms with Crippen LogP contribution in [0.15, 0.2) is 12.3 Å². The van der Waals surface area contributed by atoms with Crippen molar-refractivity contribution in [1.29, 1.82) is 0 Å². The highest BCUT2D eigenvalue weighted by atomic mass is 16.2. The van der Waals surface area contributed by atoms with E-state index in [0.717, 1.165) is 0 Å². The molecular formula is C11H17N5O2. The maximum atomic E-state index is 12.0. The number of carbonyl (C=O) groups excluding carboxylic acids is 2. The molecule has 2 rings (SSSR count). The highest BCUT2D eigenvalue weighted by Gasteiger charge is 2.24. The first kappa shape index (κ1) is 12.6. The molecular weight excluding hydrogens is 234 g/mol. The van der Waals surface area contributed by atoms with E-state index in [9.17, 15) is 9.59 Å². The van der Waals surface area contributed by atoms with Crippen LogP contribution in [0.1, 0.15) is 19.9 Å². The van der Waals surface area contributed by atoms with E-state index in [1.807, 2.05) is 13.8 Å². The van der Waals surface area contributed by atoms with Gasteiger partial charge in [-0.2, -0.15) is 5.10 Å². The van der Waals surface area contributed by atoms with Crippen LogP contribution in [0.2, 0.25) is 0 Å². The Morgan fingerprint density at radius 2 is 2.39 bits per heavy atom. The smallest absolute Gasteiger partial charge is 0.244 e. The van der Waals surface area contributed by atoms with E-state index in [-0.39, 0.29) is 24.4 Å². The van der Waals surface area contributed by atoms with Gasteiger partial charge in [-0.05, 0) is 13.8 Å². The topological polar surface area (TPSA) is 88.1 Å². The van der Waals surface area contributed by atoms with Crippen molar-refractivity contribution in [2.24, 2.45) is 0 Å². The van der Waals surface area contributed by atoms with Gasteiger partial charge >= 0.3 is 0 Å². The number of amides is 2. The molecule has 0 bridgehead atoms. The summed E-state index contributed by atoms with van der Waals surface area (Å²) in [4.78, 5) is 23.0. The van der Waals surface area contributed by atoms with Crippen molar-refractivity contribution in [3.05, 3.63) is 12.3 Å². The maximum absolute atomic E-state index is 12.0. The molecule has 1 unspecified atom stereocenters. The SMILES string of the molecule is CC(C)n1nccc1NC(=O)C1CNC(=O)CN1. The predicted molar refractivity (Wildman–Crippen MR) is 66.0 cm³/mol. The minimum absolute atomic E-state index is 0.0914. The number of carbonyl (C=O) groups is 2. The van der Waals surface area contributed by atoms with Gasteiger partial charge in [-0.3, -0.25) is 14.9 Å². The summed E-state index contributed by atoms with van der Waals surface area (Å²) in [7, 11) is 0. The zero-order valence-corrected chi connectivity index (χ0v) is 10.4. The maximum Gasteiger partial charge on any atom is 0.244 e. The summed E-state index contributed by atoms with van der Waals surface area (Å²) in [5.41, 5.74) is 0. The molecule has 0 aromatic carbocycles. The fraction of sp³-hybridized carbons (Fsp3) is 0.545. The first-order valence-corrected chi connectivity index (χ1v) is 5.92. The van der Waals surface area contributed by atoms with E-state index < -0.39 is 6.04 Å². The van der Waals surface area contributed by atoms with E-state index in [2.05, 4.69) is 21.0 Å². The van der Waals surface area contributed by atoms with Crippen molar-refractivity contribution < 1.29 is 9.59 Å². The molecule has 2 heterocycles. The van der Waals surface area contributed by atoms with Gasteiger partial charge in [0.15, 0.2) is 0 Å². The Morgan fingerprint density at radius 3 is 3.00 bits per heavy atom. The molecule has 0 aliphatic carbocycles. The molecule has 98 valence electrons. The van der Waals surface area contributed by atoms with Crippen molar-refractivity contribution in [3.63, 3.8) is 0 Å². The predicted octanol–water partition coefficient (Wildman–Crippen LogP) is -0.509. The van der Waals surface area contributed by atoms with Crippen LogP contribution in [-0.2, 0) is 9.59 Å². The summed E-state index contributed by atoms with van der Waals surface area (Å²) in [5, 5.41) is 12.5. The van der Waals surface area contributed by atoms with E-state index in [0.29, 0.717) is 12.4 Å². The number of anilines is 1. The molecule has 0 radical (unpaired) electrons. The fourth-order valence-corrected chi connectivity index (χ4v) is 1.79. The van der Waals surface area contributed by atoms with Gasteiger partial charge in [0.1, 0.15) is 11.9 Å². The Balaban J connectivity index is 1.98. The number of nitrogens with one attached hydrogen (secondary N) is 3. The minimum Gasteiger partial charge on any atom is -0.353 e. The van der Waals surface area contributed by atoms with Crippen LogP contribution in [-0.4, -0.2) is 40.7 Å². The first-order valence-electron chi connectivity index (χ1n) is 5.92. The summed E-state index contributed by atoms with van der Waals surface area (Å²) >= 11 is 0. The Labute approximate surface area is 105 Å². The van der Waals surface area contributed by atoms with E-state index in [1.165, 1.54) is 0 Å². The zero-order valence-electron chi connectivity index (χ0n) is 10.4. The molecule has 1 aliphatic rings. The third-order valence-corrected chi connectivity index (χ3v) is 2.74. The lowest BCUT2D eigenvalue weighted by Crippen LogP contribution is -2.56. The summed E-state index contributed by atoms with van der Waals surface area (Å²) in [5.74, 6) is 0.400. The molecule has 1 aliphatic heterocycles. The quantitative estimate of drug-likeness (QED) is 0.675. The van der Waals surface area contributed by atoms with Crippen molar-refractivity contribution >= 4 is 17.6 Å². The third-order valence-electron chi connectivity index (χ3n) is 2.74. The van der Waals surface area contributed by atoms with Crippen LogP contribution in [0, 0.1) is 0 Å².